The Balaban J connectivity index is 2.08. The van der Waals surface area contributed by atoms with Gasteiger partial charge in [0.25, 0.3) is 0 Å². The molecule has 0 bridgehead atoms. The van der Waals surface area contributed by atoms with Gasteiger partial charge in [-0.3, -0.25) is 0 Å². The summed E-state index contributed by atoms with van der Waals surface area (Å²) in [4.78, 5) is 9.49. The van der Waals surface area contributed by atoms with E-state index in [2.05, 4.69) is 19.2 Å². The molecule has 1 aromatic rings. The van der Waals surface area contributed by atoms with Crippen molar-refractivity contribution >= 4 is 17.6 Å². The lowest BCUT2D eigenvalue weighted by molar-refractivity contribution is 0.200. The second kappa shape index (κ2) is 7.84. The van der Waals surface area contributed by atoms with Crippen LogP contribution in [0, 0.1) is 6.92 Å². The molecule has 0 radical (unpaired) electrons. The Morgan fingerprint density at radius 1 is 1.35 bits per heavy atom. The van der Waals surface area contributed by atoms with Gasteiger partial charge in [-0.1, -0.05) is 6.92 Å². The third-order valence-electron chi connectivity index (χ3n) is 3.33. The van der Waals surface area contributed by atoms with Crippen LogP contribution in [0.25, 0.3) is 0 Å². The molecule has 0 aliphatic heterocycles. The Bertz CT molecular complexity index is 435. The molecule has 1 N–H and O–H groups in total. The standard InChI is InChI=1S/C15H25N3OS/c1-4-8-16-13-11(2)15(20-10-5-9-19-3)18-14(17-13)12-6-7-12/h12H,4-10H2,1-3H3,(H,16,17,18). The van der Waals surface area contributed by atoms with Crippen LogP contribution in [0.2, 0.25) is 0 Å². The number of methoxy groups -OCH3 is 1. The summed E-state index contributed by atoms with van der Waals surface area (Å²) in [6.45, 7) is 6.07. The summed E-state index contributed by atoms with van der Waals surface area (Å²) < 4.78 is 5.10. The molecule has 1 aromatic heterocycles. The second-order valence-electron chi connectivity index (χ2n) is 5.26. The van der Waals surface area contributed by atoms with Crippen molar-refractivity contribution in [3.63, 3.8) is 0 Å². The van der Waals surface area contributed by atoms with Crippen molar-refractivity contribution < 1.29 is 4.74 Å². The normalized spacial score (nSPS) is 14.6. The molecule has 1 aliphatic rings. The van der Waals surface area contributed by atoms with Crippen LogP contribution in [0.3, 0.4) is 0 Å². The highest BCUT2D eigenvalue weighted by Gasteiger charge is 2.28. The lowest BCUT2D eigenvalue weighted by Gasteiger charge is -2.13. The lowest BCUT2D eigenvalue weighted by Crippen LogP contribution is -2.08. The van der Waals surface area contributed by atoms with Crippen molar-refractivity contribution in [1.82, 2.24) is 9.97 Å². The molecule has 1 saturated carbocycles. The topological polar surface area (TPSA) is 47.0 Å². The highest BCUT2D eigenvalue weighted by atomic mass is 32.2. The predicted octanol–water partition coefficient (Wildman–Crippen LogP) is 3.61. The Labute approximate surface area is 126 Å². The summed E-state index contributed by atoms with van der Waals surface area (Å²) in [6, 6.07) is 0. The first-order chi connectivity index (χ1) is 9.76. The average molecular weight is 295 g/mol. The number of aromatic nitrogens is 2. The summed E-state index contributed by atoms with van der Waals surface area (Å²) in [6.07, 6.45) is 4.65. The molecule has 20 heavy (non-hydrogen) atoms. The predicted molar refractivity (Wildman–Crippen MR) is 84.7 cm³/mol. The van der Waals surface area contributed by atoms with Crippen LogP contribution < -0.4 is 5.32 Å². The van der Waals surface area contributed by atoms with E-state index >= 15 is 0 Å². The molecular formula is C15H25N3OS. The molecule has 5 heteroatoms. The van der Waals surface area contributed by atoms with E-state index in [0.29, 0.717) is 5.92 Å². The monoisotopic (exact) mass is 295 g/mol. The van der Waals surface area contributed by atoms with E-state index in [0.717, 1.165) is 48.4 Å². The van der Waals surface area contributed by atoms with Crippen molar-refractivity contribution in [3.05, 3.63) is 11.4 Å². The highest BCUT2D eigenvalue weighted by molar-refractivity contribution is 7.99. The number of hydrogen-bond donors (Lipinski definition) is 1. The summed E-state index contributed by atoms with van der Waals surface area (Å²) in [5.41, 5.74) is 1.19. The van der Waals surface area contributed by atoms with Gasteiger partial charge in [-0.15, -0.1) is 11.8 Å². The molecule has 0 saturated heterocycles. The number of ether oxygens (including phenoxy) is 1. The number of rotatable bonds is 9. The zero-order chi connectivity index (χ0) is 14.4. The minimum Gasteiger partial charge on any atom is -0.385 e. The third kappa shape index (κ3) is 4.35. The van der Waals surface area contributed by atoms with E-state index in [4.69, 9.17) is 14.7 Å². The Morgan fingerprint density at radius 2 is 2.15 bits per heavy atom. The van der Waals surface area contributed by atoms with Gasteiger partial charge in [-0.2, -0.15) is 0 Å². The molecule has 0 aromatic carbocycles. The van der Waals surface area contributed by atoms with Gasteiger partial charge in [0.2, 0.25) is 0 Å². The largest absolute Gasteiger partial charge is 0.385 e. The minimum atomic E-state index is 0.594. The lowest BCUT2D eigenvalue weighted by atomic mass is 10.3. The molecule has 0 amide bonds. The fourth-order valence-electron chi connectivity index (χ4n) is 1.96. The van der Waals surface area contributed by atoms with E-state index in [1.807, 2.05) is 11.8 Å². The zero-order valence-corrected chi connectivity index (χ0v) is 13.6. The van der Waals surface area contributed by atoms with Gasteiger partial charge in [0.05, 0.1) is 0 Å². The Hall–Kier alpha value is -0.810. The van der Waals surface area contributed by atoms with E-state index in [1.165, 1.54) is 18.4 Å². The first-order valence-corrected chi connectivity index (χ1v) is 8.49. The molecule has 0 unspecified atom stereocenters. The van der Waals surface area contributed by atoms with Gasteiger partial charge in [-0.05, 0) is 32.6 Å². The van der Waals surface area contributed by atoms with Gasteiger partial charge in [0.15, 0.2) is 0 Å². The van der Waals surface area contributed by atoms with Crippen LogP contribution in [0.15, 0.2) is 5.03 Å². The number of thioether (sulfide) groups is 1. The molecule has 2 rings (SSSR count). The number of nitrogens with one attached hydrogen (secondary N) is 1. The Morgan fingerprint density at radius 3 is 2.80 bits per heavy atom. The van der Waals surface area contributed by atoms with Gasteiger partial charge in [-0.25, -0.2) is 9.97 Å². The number of nitrogens with zero attached hydrogens (tertiary/aromatic N) is 2. The summed E-state index contributed by atoms with van der Waals surface area (Å²) in [7, 11) is 1.75. The van der Waals surface area contributed by atoms with Crippen LogP contribution in [0.5, 0.6) is 0 Å². The van der Waals surface area contributed by atoms with Gasteiger partial charge in [0.1, 0.15) is 16.7 Å². The Kier molecular flexibility index (Phi) is 6.10. The molecule has 0 atom stereocenters. The van der Waals surface area contributed by atoms with E-state index in [-0.39, 0.29) is 0 Å². The summed E-state index contributed by atoms with van der Waals surface area (Å²) in [5, 5.41) is 4.57. The van der Waals surface area contributed by atoms with E-state index in [1.54, 1.807) is 7.11 Å². The molecule has 4 nitrogen and oxygen atoms in total. The fourth-order valence-corrected chi connectivity index (χ4v) is 2.89. The minimum absolute atomic E-state index is 0.594. The van der Waals surface area contributed by atoms with Crippen LogP contribution in [-0.4, -0.2) is 36.0 Å². The van der Waals surface area contributed by atoms with E-state index < -0.39 is 0 Å². The summed E-state index contributed by atoms with van der Waals surface area (Å²) in [5.74, 6) is 3.70. The van der Waals surface area contributed by atoms with Gasteiger partial charge < -0.3 is 10.1 Å². The molecule has 112 valence electrons. The molecule has 1 fully saturated rings. The number of anilines is 1. The maximum atomic E-state index is 5.10. The SMILES string of the molecule is CCCNc1nc(C2CC2)nc(SCCCOC)c1C. The van der Waals surface area contributed by atoms with E-state index in [9.17, 15) is 0 Å². The quantitative estimate of drug-likeness (QED) is 0.428. The first-order valence-electron chi connectivity index (χ1n) is 7.50. The van der Waals surface area contributed by atoms with Crippen LogP contribution in [-0.2, 0) is 4.74 Å². The zero-order valence-electron chi connectivity index (χ0n) is 12.7. The molecular weight excluding hydrogens is 270 g/mol. The highest BCUT2D eigenvalue weighted by Crippen LogP contribution is 2.40. The van der Waals surface area contributed by atoms with Crippen LogP contribution >= 0.6 is 11.8 Å². The van der Waals surface area contributed by atoms with Crippen molar-refractivity contribution in [3.8, 4) is 0 Å². The third-order valence-corrected chi connectivity index (χ3v) is 4.50. The molecule has 1 aliphatic carbocycles. The first kappa shape index (κ1) is 15.6. The number of hydrogen-bond acceptors (Lipinski definition) is 5. The van der Waals surface area contributed by atoms with Crippen molar-refractivity contribution in [2.75, 3.05) is 31.3 Å². The fraction of sp³-hybridized carbons (Fsp3) is 0.733. The van der Waals surface area contributed by atoms with Crippen LogP contribution in [0.4, 0.5) is 5.82 Å². The van der Waals surface area contributed by atoms with Gasteiger partial charge in [0, 0.05) is 37.5 Å². The van der Waals surface area contributed by atoms with Crippen molar-refractivity contribution in [2.45, 2.75) is 50.5 Å². The average Bonchev–Trinajstić information content (AvgIpc) is 3.28. The van der Waals surface area contributed by atoms with Crippen molar-refractivity contribution in [1.29, 1.82) is 0 Å². The maximum absolute atomic E-state index is 5.10. The maximum Gasteiger partial charge on any atom is 0.135 e. The molecule has 0 spiro atoms. The van der Waals surface area contributed by atoms with Crippen LogP contribution in [0.1, 0.15) is 49.9 Å². The molecule has 1 heterocycles. The van der Waals surface area contributed by atoms with Crippen molar-refractivity contribution in [2.24, 2.45) is 0 Å². The van der Waals surface area contributed by atoms with Gasteiger partial charge >= 0.3 is 0 Å². The second-order valence-corrected chi connectivity index (χ2v) is 6.34. The smallest absolute Gasteiger partial charge is 0.135 e. The summed E-state index contributed by atoms with van der Waals surface area (Å²) >= 11 is 1.82.